The number of imidazole rings is 1. The van der Waals surface area contributed by atoms with Gasteiger partial charge in [0.2, 0.25) is 0 Å². The zero-order valence-electron chi connectivity index (χ0n) is 11.5. The normalized spacial score (nSPS) is 10.7. The minimum absolute atomic E-state index is 0.218. The van der Waals surface area contributed by atoms with E-state index >= 15 is 0 Å². The molecule has 0 radical (unpaired) electrons. The minimum Gasteiger partial charge on any atom is -0.476 e. The number of aromatic carboxylic acids is 1. The van der Waals surface area contributed by atoms with Crippen LogP contribution in [0.15, 0.2) is 48.7 Å². The summed E-state index contributed by atoms with van der Waals surface area (Å²) in [4.78, 5) is 14.9. The Morgan fingerprint density at radius 2 is 1.61 bits per heavy atom. The highest BCUT2D eigenvalue weighted by Gasteiger charge is 2.21. The fourth-order valence-corrected chi connectivity index (χ4v) is 2.17. The SMILES string of the molecule is O=C(O)c1cn(-c2ccc(F)cc2)c(-c2c(F)cccc2F)n1. The number of nitrogens with zero attached hydrogens (tertiary/aromatic N) is 2. The van der Waals surface area contributed by atoms with Crippen LogP contribution in [-0.4, -0.2) is 20.6 Å². The third-order valence-corrected chi connectivity index (χ3v) is 3.22. The third-order valence-electron chi connectivity index (χ3n) is 3.22. The van der Waals surface area contributed by atoms with Crippen molar-refractivity contribution in [3.05, 3.63) is 71.8 Å². The first-order valence-corrected chi connectivity index (χ1v) is 6.50. The van der Waals surface area contributed by atoms with Crippen LogP contribution in [-0.2, 0) is 0 Å². The van der Waals surface area contributed by atoms with Gasteiger partial charge in [-0.2, -0.15) is 0 Å². The van der Waals surface area contributed by atoms with Gasteiger partial charge in [0, 0.05) is 11.9 Å². The van der Waals surface area contributed by atoms with Gasteiger partial charge in [0.25, 0.3) is 0 Å². The Morgan fingerprint density at radius 3 is 2.17 bits per heavy atom. The van der Waals surface area contributed by atoms with E-state index in [9.17, 15) is 18.0 Å². The molecule has 0 aliphatic heterocycles. The molecule has 0 amide bonds. The van der Waals surface area contributed by atoms with Crippen LogP contribution in [0, 0.1) is 17.5 Å². The summed E-state index contributed by atoms with van der Waals surface area (Å²) in [5.74, 6) is -3.81. The van der Waals surface area contributed by atoms with Crippen molar-refractivity contribution in [2.75, 3.05) is 0 Å². The van der Waals surface area contributed by atoms with Crippen LogP contribution in [0.4, 0.5) is 13.2 Å². The number of halogens is 3. The summed E-state index contributed by atoms with van der Waals surface area (Å²) in [5, 5.41) is 9.08. The summed E-state index contributed by atoms with van der Waals surface area (Å²) in [6.07, 6.45) is 1.12. The molecule has 3 rings (SSSR count). The van der Waals surface area contributed by atoms with Gasteiger partial charge in [-0.15, -0.1) is 0 Å². The molecule has 0 saturated carbocycles. The number of carbonyl (C=O) groups is 1. The van der Waals surface area contributed by atoms with Gasteiger partial charge in [0.05, 0.1) is 5.56 Å². The van der Waals surface area contributed by atoms with E-state index in [1.165, 1.54) is 22.8 Å². The van der Waals surface area contributed by atoms with Gasteiger partial charge in [-0.05, 0) is 36.4 Å². The molecule has 0 spiro atoms. The highest BCUT2D eigenvalue weighted by Crippen LogP contribution is 2.28. The van der Waals surface area contributed by atoms with Gasteiger partial charge in [-0.1, -0.05) is 6.07 Å². The lowest BCUT2D eigenvalue weighted by Gasteiger charge is -2.09. The Labute approximate surface area is 128 Å². The zero-order chi connectivity index (χ0) is 16.6. The maximum Gasteiger partial charge on any atom is 0.356 e. The van der Waals surface area contributed by atoms with Gasteiger partial charge in [-0.3, -0.25) is 4.57 Å². The molecular formula is C16H9F3N2O2. The van der Waals surface area contributed by atoms with Crippen LogP contribution >= 0.6 is 0 Å². The highest BCUT2D eigenvalue weighted by atomic mass is 19.1. The van der Waals surface area contributed by atoms with Crippen LogP contribution in [0.2, 0.25) is 0 Å². The van der Waals surface area contributed by atoms with E-state index in [0.29, 0.717) is 5.69 Å². The second-order valence-corrected chi connectivity index (χ2v) is 4.70. The van der Waals surface area contributed by atoms with Crippen molar-refractivity contribution in [1.29, 1.82) is 0 Å². The topological polar surface area (TPSA) is 55.1 Å². The van der Waals surface area contributed by atoms with Crippen molar-refractivity contribution in [3.63, 3.8) is 0 Å². The Morgan fingerprint density at radius 1 is 1.00 bits per heavy atom. The van der Waals surface area contributed by atoms with Gasteiger partial charge >= 0.3 is 5.97 Å². The lowest BCUT2D eigenvalue weighted by atomic mass is 10.2. The number of carboxylic acids is 1. The Balaban J connectivity index is 2.27. The lowest BCUT2D eigenvalue weighted by molar-refractivity contribution is 0.0691. The fraction of sp³-hybridized carbons (Fsp3) is 0. The zero-order valence-corrected chi connectivity index (χ0v) is 11.5. The number of carboxylic acid groups (broad SMARTS) is 1. The molecule has 1 heterocycles. The Hall–Kier alpha value is -3.09. The average Bonchev–Trinajstić information content (AvgIpc) is 2.93. The molecule has 4 nitrogen and oxygen atoms in total. The van der Waals surface area contributed by atoms with E-state index in [1.54, 1.807) is 0 Å². The average molecular weight is 318 g/mol. The van der Waals surface area contributed by atoms with E-state index in [1.807, 2.05) is 0 Å². The first kappa shape index (κ1) is 14.8. The standard InChI is InChI=1S/C16H9F3N2O2/c17-9-4-6-10(7-5-9)21-8-13(16(22)23)20-15(21)14-11(18)2-1-3-12(14)19/h1-8H,(H,22,23). The first-order valence-electron chi connectivity index (χ1n) is 6.50. The molecule has 1 N–H and O–H groups in total. The molecular weight excluding hydrogens is 309 g/mol. The molecule has 0 fully saturated rings. The smallest absolute Gasteiger partial charge is 0.356 e. The fourth-order valence-electron chi connectivity index (χ4n) is 2.17. The molecule has 7 heteroatoms. The van der Waals surface area contributed by atoms with Crippen molar-refractivity contribution in [2.45, 2.75) is 0 Å². The molecule has 2 aromatic carbocycles. The predicted molar refractivity (Wildman–Crippen MR) is 75.8 cm³/mol. The maximum absolute atomic E-state index is 14.0. The first-order chi connectivity index (χ1) is 11.0. The molecule has 0 unspecified atom stereocenters. The molecule has 0 aliphatic carbocycles. The summed E-state index contributed by atoms with van der Waals surface area (Å²) >= 11 is 0. The minimum atomic E-state index is -1.34. The van der Waals surface area contributed by atoms with Gasteiger partial charge in [-0.25, -0.2) is 22.9 Å². The summed E-state index contributed by atoms with van der Waals surface area (Å²) in [5.41, 5.74) is -0.514. The number of rotatable bonds is 3. The van der Waals surface area contributed by atoms with Gasteiger partial charge in [0.15, 0.2) is 11.5 Å². The van der Waals surface area contributed by atoms with Gasteiger partial charge < -0.3 is 5.11 Å². The lowest BCUT2D eigenvalue weighted by Crippen LogP contribution is -2.00. The number of hydrogen-bond acceptors (Lipinski definition) is 2. The summed E-state index contributed by atoms with van der Waals surface area (Å²) in [7, 11) is 0. The molecule has 0 bridgehead atoms. The Bertz CT molecular complexity index is 869. The molecule has 0 aliphatic rings. The van der Waals surface area contributed by atoms with Crippen molar-refractivity contribution in [2.24, 2.45) is 0 Å². The molecule has 0 atom stereocenters. The van der Waals surface area contributed by atoms with E-state index in [0.717, 1.165) is 30.5 Å². The largest absolute Gasteiger partial charge is 0.476 e. The number of benzene rings is 2. The monoisotopic (exact) mass is 318 g/mol. The molecule has 23 heavy (non-hydrogen) atoms. The number of aromatic nitrogens is 2. The van der Waals surface area contributed by atoms with Crippen LogP contribution in [0.1, 0.15) is 10.5 Å². The van der Waals surface area contributed by atoms with Crippen LogP contribution < -0.4 is 0 Å². The van der Waals surface area contributed by atoms with Crippen molar-refractivity contribution in [3.8, 4) is 17.1 Å². The summed E-state index contributed by atoms with van der Waals surface area (Å²) < 4.78 is 42.3. The quantitative estimate of drug-likeness (QED) is 0.802. The second-order valence-electron chi connectivity index (χ2n) is 4.70. The van der Waals surface area contributed by atoms with E-state index in [4.69, 9.17) is 5.11 Å². The molecule has 0 saturated heterocycles. The van der Waals surface area contributed by atoms with Crippen LogP contribution in [0.5, 0.6) is 0 Å². The van der Waals surface area contributed by atoms with Crippen molar-refractivity contribution < 1.29 is 23.1 Å². The van der Waals surface area contributed by atoms with E-state index in [-0.39, 0.29) is 11.5 Å². The highest BCUT2D eigenvalue weighted by molar-refractivity contribution is 5.86. The van der Waals surface area contributed by atoms with Crippen molar-refractivity contribution >= 4 is 5.97 Å². The summed E-state index contributed by atoms with van der Waals surface area (Å²) in [6, 6.07) is 8.28. The summed E-state index contributed by atoms with van der Waals surface area (Å²) in [6.45, 7) is 0. The third kappa shape index (κ3) is 2.68. The van der Waals surface area contributed by atoms with E-state index < -0.39 is 29.0 Å². The molecule has 116 valence electrons. The van der Waals surface area contributed by atoms with Crippen LogP contribution in [0.3, 0.4) is 0 Å². The Kier molecular flexibility index (Phi) is 3.61. The maximum atomic E-state index is 14.0. The molecule has 1 aromatic heterocycles. The molecule has 3 aromatic rings. The second kappa shape index (κ2) is 5.60. The predicted octanol–water partition coefficient (Wildman–Crippen LogP) is 3.65. The van der Waals surface area contributed by atoms with Crippen molar-refractivity contribution in [1.82, 2.24) is 9.55 Å². The number of hydrogen-bond donors (Lipinski definition) is 1. The van der Waals surface area contributed by atoms with Gasteiger partial charge in [0.1, 0.15) is 17.5 Å². The van der Waals surface area contributed by atoms with E-state index in [2.05, 4.69) is 4.98 Å². The van der Waals surface area contributed by atoms with Crippen LogP contribution in [0.25, 0.3) is 17.1 Å².